The molecule has 2 fully saturated rings. The molecule has 98 valence electrons. The van der Waals surface area contributed by atoms with Crippen molar-refractivity contribution in [1.29, 1.82) is 0 Å². The van der Waals surface area contributed by atoms with E-state index in [1.165, 1.54) is 36.8 Å². The summed E-state index contributed by atoms with van der Waals surface area (Å²) in [5.74, 6) is 0. The highest BCUT2D eigenvalue weighted by molar-refractivity contribution is 5.21. The van der Waals surface area contributed by atoms with Crippen molar-refractivity contribution in [2.75, 3.05) is 7.05 Å². The van der Waals surface area contributed by atoms with Crippen LogP contribution in [0.2, 0.25) is 0 Å². The molecule has 2 heterocycles. The topological polar surface area (TPSA) is 15.3 Å². The first-order valence-electron chi connectivity index (χ1n) is 7.23. The number of nitrogens with one attached hydrogen (secondary N) is 1. The molecule has 1 aromatic carbocycles. The lowest BCUT2D eigenvalue weighted by Crippen LogP contribution is -2.46. The average Bonchev–Trinajstić information content (AvgIpc) is 2.62. The van der Waals surface area contributed by atoms with Gasteiger partial charge in [0, 0.05) is 24.7 Å². The van der Waals surface area contributed by atoms with E-state index in [1.807, 2.05) is 0 Å². The summed E-state index contributed by atoms with van der Waals surface area (Å²) < 4.78 is 0. The highest BCUT2D eigenvalue weighted by Gasteiger charge is 2.37. The molecule has 2 heteroatoms. The number of rotatable bonds is 3. The Kier molecular flexibility index (Phi) is 3.40. The van der Waals surface area contributed by atoms with Crippen LogP contribution in [0.15, 0.2) is 24.3 Å². The van der Waals surface area contributed by atoms with Gasteiger partial charge in [0.25, 0.3) is 0 Å². The second-order valence-electron chi connectivity index (χ2n) is 6.09. The van der Waals surface area contributed by atoms with Gasteiger partial charge in [-0.25, -0.2) is 0 Å². The van der Waals surface area contributed by atoms with Crippen LogP contribution in [0.4, 0.5) is 0 Å². The van der Waals surface area contributed by atoms with Crippen LogP contribution in [-0.4, -0.2) is 30.1 Å². The van der Waals surface area contributed by atoms with E-state index in [4.69, 9.17) is 0 Å². The quantitative estimate of drug-likeness (QED) is 0.879. The van der Waals surface area contributed by atoms with Crippen LogP contribution in [-0.2, 0) is 6.54 Å². The van der Waals surface area contributed by atoms with Crippen LogP contribution in [0.1, 0.15) is 36.8 Å². The van der Waals surface area contributed by atoms with Crippen LogP contribution >= 0.6 is 0 Å². The van der Waals surface area contributed by atoms with Crippen molar-refractivity contribution in [3.63, 3.8) is 0 Å². The molecule has 3 atom stereocenters. The molecule has 0 aliphatic carbocycles. The van der Waals surface area contributed by atoms with Crippen molar-refractivity contribution in [3.8, 4) is 0 Å². The first-order chi connectivity index (χ1) is 8.72. The summed E-state index contributed by atoms with van der Waals surface area (Å²) in [7, 11) is 2.30. The van der Waals surface area contributed by atoms with E-state index >= 15 is 0 Å². The number of fused-ring (bicyclic) bond motifs is 2. The maximum absolute atomic E-state index is 3.75. The summed E-state index contributed by atoms with van der Waals surface area (Å²) in [5.41, 5.74) is 2.75. The minimum atomic E-state index is 0.722. The molecule has 0 saturated carbocycles. The highest BCUT2D eigenvalue weighted by Crippen LogP contribution is 2.34. The monoisotopic (exact) mass is 244 g/mol. The summed E-state index contributed by atoms with van der Waals surface area (Å²) in [5, 5.41) is 3.75. The zero-order chi connectivity index (χ0) is 12.5. The van der Waals surface area contributed by atoms with Gasteiger partial charge in [0.1, 0.15) is 0 Å². The van der Waals surface area contributed by atoms with Gasteiger partial charge in [0.05, 0.1) is 0 Å². The van der Waals surface area contributed by atoms with E-state index < -0.39 is 0 Å². The van der Waals surface area contributed by atoms with E-state index in [9.17, 15) is 0 Å². The summed E-state index contributed by atoms with van der Waals surface area (Å²) in [6, 6.07) is 11.3. The third-order valence-corrected chi connectivity index (χ3v) is 4.81. The van der Waals surface area contributed by atoms with Crippen LogP contribution in [0.5, 0.6) is 0 Å². The first-order valence-corrected chi connectivity index (χ1v) is 7.23. The fourth-order valence-corrected chi connectivity index (χ4v) is 3.55. The normalized spacial score (nSPS) is 31.8. The largest absolute Gasteiger partial charge is 0.310 e. The summed E-state index contributed by atoms with van der Waals surface area (Å²) in [4.78, 5) is 2.60. The molecule has 0 spiro atoms. The number of hydrogen-bond donors (Lipinski definition) is 1. The van der Waals surface area contributed by atoms with Crippen LogP contribution in [0.25, 0.3) is 0 Å². The van der Waals surface area contributed by atoms with Gasteiger partial charge in [-0.1, -0.05) is 29.8 Å². The van der Waals surface area contributed by atoms with Gasteiger partial charge in [-0.15, -0.1) is 0 Å². The zero-order valence-electron chi connectivity index (χ0n) is 11.5. The zero-order valence-corrected chi connectivity index (χ0v) is 11.5. The smallest absolute Gasteiger partial charge is 0.0208 e. The van der Waals surface area contributed by atoms with Crippen LogP contribution in [0, 0.1) is 6.92 Å². The Morgan fingerprint density at radius 2 is 1.72 bits per heavy atom. The third kappa shape index (κ3) is 2.45. The van der Waals surface area contributed by atoms with Gasteiger partial charge in [-0.2, -0.15) is 0 Å². The Hall–Kier alpha value is -0.860. The van der Waals surface area contributed by atoms with Crippen molar-refractivity contribution in [2.45, 2.75) is 57.3 Å². The fraction of sp³-hybridized carbons (Fsp3) is 0.625. The molecule has 1 aromatic rings. The minimum Gasteiger partial charge on any atom is -0.310 e. The Labute approximate surface area is 110 Å². The maximum Gasteiger partial charge on any atom is 0.0208 e. The lowest BCUT2D eigenvalue weighted by molar-refractivity contribution is 0.148. The van der Waals surface area contributed by atoms with Gasteiger partial charge < -0.3 is 10.2 Å². The fourth-order valence-electron chi connectivity index (χ4n) is 3.55. The van der Waals surface area contributed by atoms with E-state index in [2.05, 4.69) is 48.5 Å². The van der Waals surface area contributed by atoms with Crippen molar-refractivity contribution >= 4 is 0 Å². The lowest BCUT2D eigenvalue weighted by Gasteiger charge is -2.36. The number of aryl methyl sites for hydroxylation is 1. The Morgan fingerprint density at radius 3 is 2.33 bits per heavy atom. The van der Waals surface area contributed by atoms with Gasteiger partial charge in [-0.05, 0) is 45.2 Å². The standard InChI is InChI=1S/C16H24N2/c1-12-3-5-13(6-4-12)11-17-14-9-15-7-8-16(10-14)18(15)2/h3-6,14-17H,7-11H2,1-2H3/t14?,15-,16+. The van der Waals surface area contributed by atoms with Crippen LogP contribution in [0.3, 0.4) is 0 Å². The summed E-state index contributed by atoms with van der Waals surface area (Å²) >= 11 is 0. The molecule has 0 aromatic heterocycles. The van der Waals surface area contributed by atoms with Crippen molar-refractivity contribution in [3.05, 3.63) is 35.4 Å². The average molecular weight is 244 g/mol. The number of piperidine rings is 1. The molecule has 2 aliphatic rings. The molecule has 3 rings (SSSR count). The van der Waals surface area contributed by atoms with Gasteiger partial charge >= 0.3 is 0 Å². The van der Waals surface area contributed by atoms with E-state index in [0.29, 0.717) is 0 Å². The molecular weight excluding hydrogens is 220 g/mol. The molecule has 0 radical (unpaired) electrons. The SMILES string of the molecule is Cc1ccc(CNC2C[C@H]3CC[C@@H](C2)N3C)cc1. The molecule has 2 saturated heterocycles. The molecule has 2 bridgehead atoms. The number of hydrogen-bond acceptors (Lipinski definition) is 2. The second-order valence-corrected chi connectivity index (χ2v) is 6.09. The van der Waals surface area contributed by atoms with E-state index in [0.717, 1.165) is 24.7 Å². The third-order valence-electron chi connectivity index (χ3n) is 4.81. The Morgan fingerprint density at radius 1 is 1.11 bits per heavy atom. The highest BCUT2D eigenvalue weighted by atomic mass is 15.2. The molecule has 1 unspecified atom stereocenters. The van der Waals surface area contributed by atoms with Gasteiger partial charge in [-0.3, -0.25) is 0 Å². The summed E-state index contributed by atoms with van der Waals surface area (Å²) in [6.45, 7) is 3.17. The van der Waals surface area contributed by atoms with Crippen LogP contribution < -0.4 is 5.32 Å². The molecule has 2 nitrogen and oxygen atoms in total. The Bertz CT molecular complexity index is 384. The molecule has 18 heavy (non-hydrogen) atoms. The predicted octanol–water partition coefficient (Wildman–Crippen LogP) is 2.71. The molecule has 2 aliphatic heterocycles. The van der Waals surface area contributed by atoms with Crippen molar-refractivity contribution in [1.82, 2.24) is 10.2 Å². The minimum absolute atomic E-state index is 0.722. The summed E-state index contributed by atoms with van der Waals surface area (Å²) in [6.07, 6.45) is 5.48. The first kappa shape index (κ1) is 12.2. The maximum atomic E-state index is 3.75. The van der Waals surface area contributed by atoms with Gasteiger partial charge in [0.2, 0.25) is 0 Å². The Balaban J connectivity index is 1.54. The van der Waals surface area contributed by atoms with Crippen molar-refractivity contribution in [2.24, 2.45) is 0 Å². The molecule has 1 N–H and O–H groups in total. The second kappa shape index (κ2) is 5.02. The van der Waals surface area contributed by atoms with Gasteiger partial charge in [0.15, 0.2) is 0 Å². The van der Waals surface area contributed by atoms with E-state index in [1.54, 1.807) is 0 Å². The molecular formula is C16H24N2. The van der Waals surface area contributed by atoms with E-state index in [-0.39, 0.29) is 0 Å². The van der Waals surface area contributed by atoms with Crippen molar-refractivity contribution < 1.29 is 0 Å². The lowest BCUT2D eigenvalue weighted by atomic mass is 9.98. The predicted molar refractivity (Wildman–Crippen MR) is 75.6 cm³/mol. The number of benzene rings is 1. The number of nitrogens with zero attached hydrogens (tertiary/aromatic N) is 1. The molecule has 0 amide bonds.